The largest absolute Gasteiger partial charge is 0.379 e. The van der Waals surface area contributed by atoms with Crippen molar-refractivity contribution < 1.29 is 4.74 Å². The van der Waals surface area contributed by atoms with Gasteiger partial charge in [0, 0.05) is 11.8 Å². The molecule has 3 nitrogen and oxygen atoms in total. The van der Waals surface area contributed by atoms with Gasteiger partial charge in [-0.25, -0.2) is 0 Å². The molecular formula is C15H22N2OS. The number of nitrogens with two attached hydrogens (primary N) is 1. The first kappa shape index (κ1) is 14.5. The quantitative estimate of drug-likeness (QED) is 0.665. The monoisotopic (exact) mass is 278 g/mol. The molecule has 0 radical (unpaired) electrons. The van der Waals surface area contributed by atoms with Crippen LogP contribution in [0.25, 0.3) is 10.1 Å². The first-order valence-electron chi connectivity index (χ1n) is 6.44. The van der Waals surface area contributed by atoms with E-state index in [9.17, 15) is 0 Å². The van der Waals surface area contributed by atoms with Gasteiger partial charge in [0.2, 0.25) is 0 Å². The van der Waals surface area contributed by atoms with E-state index in [0.717, 1.165) is 0 Å². The number of rotatable bonds is 4. The van der Waals surface area contributed by atoms with E-state index in [0.29, 0.717) is 0 Å². The molecule has 0 saturated heterocycles. The van der Waals surface area contributed by atoms with Crippen molar-refractivity contribution in [3.05, 3.63) is 35.2 Å². The van der Waals surface area contributed by atoms with Crippen molar-refractivity contribution in [3.8, 4) is 0 Å². The number of nitrogens with one attached hydrogen (secondary N) is 1. The van der Waals surface area contributed by atoms with Crippen molar-refractivity contribution in [3.63, 3.8) is 0 Å². The minimum Gasteiger partial charge on any atom is -0.379 e. The molecule has 0 aliphatic carbocycles. The first-order valence-corrected chi connectivity index (χ1v) is 7.32. The van der Waals surface area contributed by atoms with E-state index >= 15 is 0 Å². The SMILES string of the molecule is COC(C(NN)c1cccc2ccsc12)C(C)(C)C. The van der Waals surface area contributed by atoms with Crippen LogP contribution in [0.3, 0.4) is 0 Å². The van der Waals surface area contributed by atoms with E-state index < -0.39 is 0 Å². The molecule has 1 aromatic carbocycles. The summed E-state index contributed by atoms with van der Waals surface area (Å²) in [5.41, 5.74) is 4.15. The molecule has 2 aromatic rings. The lowest BCUT2D eigenvalue weighted by molar-refractivity contribution is -0.0116. The van der Waals surface area contributed by atoms with Crippen LogP contribution in [-0.4, -0.2) is 13.2 Å². The highest BCUT2D eigenvalue weighted by Gasteiger charge is 2.33. The zero-order valence-corrected chi connectivity index (χ0v) is 12.8. The Morgan fingerprint density at radius 2 is 2.00 bits per heavy atom. The number of hydrazine groups is 1. The Labute approximate surface area is 118 Å². The lowest BCUT2D eigenvalue weighted by atomic mass is 9.82. The van der Waals surface area contributed by atoms with Gasteiger partial charge in [-0.15, -0.1) is 11.3 Å². The maximum absolute atomic E-state index is 5.81. The molecule has 4 heteroatoms. The number of hydrogen-bond acceptors (Lipinski definition) is 4. The van der Waals surface area contributed by atoms with Gasteiger partial charge in [-0.1, -0.05) is 39.0 Å². The van der Waals surface area contributed by atoms with Gasteiger partial charge in [0.25, 0.3) is 0 Å². The minimum atomic E-state index is -0.0210. The second-order valence-corrected chi connectivity index (χ2v) is 6.77. The summed E-state index contributed by atoms with van der Waals surface area (Å²) < 4.78 is 6.98. The van der Waals surface area contributed by atoms with Gasteiger partial charge in [0.05, 0.1) is 12.1 Å². The van der Waals surface area contributed by atoms with Crippen LogP contribution >= 0.6 is 11.3 Å². The minimum absolute atomic E-state index is 0.00481. The Morgan fingerprint density at radius 1 is 1.26 bits per heavy atom. The summed E-state index contributed by atoms with van der Waals surface area (Å²) in [5.74, 6) is 5.81. The van der Waals surface area contributed by atoms with Crippen LogP contribution in [0.15, 0.2) is 29.6 Å². The highest BCUT2D eigenvalue weighted by molar-refractivity contribution is 7.17. The third kappa shape index (κ3) is 2.82. The number of fused-ring (bicyclic) bond motifs is 1. The summed E-state index contributed by atoms with van der Waals surface area (Å²) in [6.07, 6.45) is 0.00481. The highest BCUT2D eigenvalue weighted by atomic mass is 32.1. The van der Waals surface area contributed by atoms with Crippen LogP contribution in [0, 0.1) is 5.41 Å². The Balaban J connectivity index is 2.49. The van der Waals surface area contributed by atoms with Gasteiger partial charge in [-0.3, -0.25) is 11.3 Å². The van der Waals surface area contributed by atoms with Crippen LogP contribution in [0.5, 0.6) is 0 Å². The third-order valence-corrected chi connectivity index (χ3v) is 4.41. The van der Waals surface area contributed by atoms with Crippen LogP contribution in [0.2, 0.25) is 0 Å². The molecule has 2 rings (SSSR count). The summed E-state index contributed by atoms with van der Waals surface area (Å²) in [4.78, 5) is 0. The van der Waals surface area contributed by atoms with E-state index in [1.54, 1.807) is 18.4 Å². The molecule has 3 N–H and O–H groups in total. The smallest absolute Gasteiger partial charge is 0.0827 e. The zero-order chi connectivity index (χ0) is 14.0. The summed E-state index contributed by atoms with van der Waals surface area (Å²) in [5, 5.41) is 3.37. The Kier molecular flexibility index (Phi) is 4.26. The van der Waals surface area contributed by atoms with Gasteiger partial charge in [-0.05, 0) is 27.8 Å². The molecule has 2 unspecified atom stereocenters. The maximum Gasteiger partial charge on any atom is 0.0827 e. The Bertz CT molecular complexity index is 544. The average molecular weight is 278 g/mol. The van der Waals surface area contributed by atoms with Gasteiger partial charge in [-0.2, -0.15) is 0 Å². The van der Waals surface area contributed by atoms with E-state index in [1.807, 2.05) is 0 Å². The van der Waals surface area contributed by atoms with Gasteiger partial charge < -0.3 is 4.74 Å². The molecule has 1 aromatic heterocycles. The standard InChI is InChI=1S/C15H22N2OS/c1-15(2,3)14(18-4)12(17-16)11-7-5-6-10-8-9-19-13(10)11/h5-9,12,14,17H,16H2,1-4H3. The van der Waals surface area contributed by atoms with E-state index in [4.69, 9.17) is 10.6 Å². The van der Waals surface area contributed by atoms with Crippen molar-refractivity contribution >= 4 is 21.4 Å². The van der Waals surface area contributed by atoms with Crippen LogP contribution in [-0.2, 0) is 4.74 Å². The molecule has 0 spiro atoms. The van der Waals surface area contributed by atoms with E-state index in [-0.39, 0.29) is 17.6 Å². The molecule has 0 aliphatic rings. The number of ether oxygens (including phenoxy) is 1. The molecule has 2 atom stereocenters. The fourth-order valence-corrected chi connectivity index (χ4v) is 3.54. The molecular weight excluding hydrogens is 256 g/mol. The van der Waals surface area contributed by atoms with Gasteiger partial charge in [0.15, 0.2) is 0 Å². The van der Waals surface area contributed by atoms with Crippen molar-refractivity contribution in [2.75, 3.05) is 7.11 Å². The predicted octanol–water partition coefficient (Wildman–Crippen LogP) is 3.47. The zero-order valence-electron chi connectivity index (χ0n) is 11.9. The van der Waals surface area contributed by atoms with Crippen LogP contribution in [0.4, 0.5) is 0 Å². The molecule has 1 heterocycles. The van der Waals surface area contributed by atoms with E-state index in [1.165, 1.54) is 15.6 Å². The van der Waals surface area contributed by atoms with Crippen LogP contribution < -0.4 is 11.3 Å². The second-order valence-electron chi connectivity index (χ2n) is 5.85. The lowest BCUT2D eigenvalue weighted by Crippen LogP contribution is -2.44. The number of hydrogen-bond donors (Lipinski definition) is 2. The predicted molar refractivity (Wildman–Crippen MR) is 82.1 cm³/mol. The topological polar surface area (TPSA) is 47.3 Å². The highest BCUT2D eigenvalue weighted by Crippen LogP contribution is 2.36. The fraction of sp³-hybridized carbons (Fsp3) is 0.467. The van der Waals surface area contributed by atoms with Crippen molar-refractivity contribution in [1.29, 1.82) is 0 Å². The van der Waals surface area contributed by atoms with Crippen molar-refractivity contribution in [2.45, 2.75) is 32.9 Å². The molecule has 0 aliphatic heterocycles. The number of methoxy groups -OCH3 is 1. The molecule has 19 heavy (non-hydrogen) atoms. The Morgan fingerprint density at radius 3 is 2.58 bits per heavy atom. The first-order chi connectivity index (χ1) is 8.99. The normalized spacial score (nSPS) is 15.6. The summed E-state index contributed by atoms with van der Waals surface area (Å²) in [7, 11) is 1.74. The van der Waals surface area contributed by atoms with Gasteiger partial charge in [0.1, 0.15) is 0 Å². The summed E-state index contributed by atoms with van der Waals surface area (Å²) >= 11 is 1.75. The average Bonchev–Trinajstić information content (AvgIpc) is 2.82. The van der Waals surface area contributed by atoms with E-state index in [2.05, 4.69) is 55.8 Å². The van der Waals surface area contributed by atoms with Crippen LogP contribution in [0.1, 0.15) is 32.4 Å². The van der Waals surface area contributed by atoms with Crippen molar-refractivity contribution in [1.82, 2.24) is 5.43 Å². The number of benzene rings is 1. The number of thiophene rings is 1. The fourth-order valence-electron chi connectivity index (χ4n) is 2.59. The molecule has 0 bridgehead atoms. The maximum atomic E-state index is 5.81. The third-order valence-electron chi connectivity index (χ3n) is 3.43. The molecule has 0 fully saturated rings. The molecule has 0 amide bonds. The Hall–Kier alpha value is -0.940. The lowest BCUT2D eigenvalue weighted by Gasteiger charge is -2.36. The molecule has 0 saturated carbocycles. The summed E-state index contributed by atoms with van der Waals surface area (Å²) in [6, 6.07) is 8.44. The molecule has 104 valence electrons. The summed E-state index contributed by atoms with van der Waals surface area (Å²) in [6.45, 7) is 6.50. The van der Waals surface area contributed by atoms with Crippen molar-refractivity contribution in [2.24, 2.45) is 11.3 Å². The second kappa shape index (κ2) is 5.59. The van der Waals surface area contributed by atoms with Gasteiger partial charge >= 0.3 is 0 Å².